The quantitative estimate of drug-likeness (QED) is 0.538. The molecule has 1 aromatic carbocycles. The van der Waals surface area contributed by atoms with Gasteiger partial charge in [-0.2, -0.15) is 9.40 Å². The Kier molecular flexibility index (Phi) is 5.41. The molecular formula is C16H18ClN5O5S. The fraction of sp³-hybridized carbons (Fsp3) is 0.375. The highest BCUT2D eigenvalue weighted by atomic mass is 35.5. The van der Waals surface area contributed by atoms with Gasteiger partial charge in [0.15, 0.2) is 4.90 Å². The van der Waals surface area contributed by atoms with E-state index in [1.807, 2.05) is 0 Å². The second-order valence-electron chi connectivity index (χ2n) is 6.30. The SMILES string of the molecule is Cc1nn(C)c(Cl)c1C(=O)N1CCN(S(=O)(=O)c2ccccc2[N+](=O)[O-])CC1. The van der Waals surface area contributed by atoms with Gasteiger partial charge in [0.2, 0.25) is 10.0 Å². The number of aromatic nitrogens is 2. The van der Waals surface area contributed by atoms with Gasteiger partial charge in [0.25, 0.3) is 11.6 Å². The average molecular weight is 428 g/mol. The summed E-state index contributed by atoms with van der Waals surface area (Å²) in [7, 11) is -2.42. The van der Waals surface area contributed by atoms with Crippen molar-refractivity contribution in [1.29, 1.82) is 0 Å². The van der Waals surface area contributed by atoms with Gasteiger partial charge in [-0.1, -0.05) is 23.7 Å². The molecule has 1 saturated heterocycles. The number of hydrogen-bond donors (Lipinski definition) is 0. The van der Waals surface area contributed by atoms with Crippen LogP contribution in [0.1, 0.15) is 16.1 Å². The number of benzene rings is 1. The van der Waals surface area contributed by atoms with E-state index in [4.69, 9.17) is 11.6 Å². The summed E-state index contributed by atoms with van der Waals surface area (Å²) < 4.78 is 28.3. The Hall–Kier alpha value is -2.50. The largest absolute Gasteiger partial charge is 0.336 e. The number of nitrogens with zero attached hydrogens (tertiary/aromatic N) is 5. The van der Waals surface area contributed by atoms with Gasteiger partial charge in [-0.15, -0.1) is 0 Å². The molecule has 28 heavy (non-hydrogen) atoms. The van der Waals surface area contributed by atoms with E-state index in [0.29, 0.717) is 11.3 Å². The van der Waals surface area contributed by atoms with E-state index >= 15 is 0 Å². The topological polar surface area (TPSA) is 119 Å². The minimum atomic E-state index is -4.05. The molecule has 0 bridgehead atoms. The molecule has 10 nitrogen and oxygen atoms in total. The number of nitro benzene ring substituents is 1. The molecule has 1 amide bonds. The lowest BCUT2D eigenvalue weighted by molar-refractivity contribution is -0.387. The van der Waals surface area contributed by atoms with Crippen LogP contribution in [0.25, 0.3) is 0 Å². The van der Waals surface area contributed by atoms with Gasteiger partial charge in [0.1, 0.15) is 5.15 Å². The monoisotopic (exact) mass is 427 g/mol. The predicted molar refractivity (Wildman–Crippen MR) is 101 cm³/mol. The third kappa shape index (κ3) is 3.48. The van der Waals surface area contributed by atoms with Crippen LogP contribution in [0.2, 0.25) is 5.15 Å². The zero-order valence-electron chi connectivity index (χ0n) is 15.2. The predicted octanol–water partition coefficient (Wildman–Crippen LogP) is 1.44. The maximum Gasteiger partial charge on any atom is 0.289 e. The fourth-order valence-corrected chi connectivity index (χ4v) is 4.96. The van der Waals surface area contributed by atoms with Crippen molar-refractivity contribution >= 4 is 33.2 Å². The third-order valence-corrected chi connectivity index (χ3v) is 6.95. The number of amides is 1. The van der Waals surface area contributed by atoms with E-state index in [9.17, 15) is 23.3 Å². The van der Waals surface area contributed by atoms with Crippen molar-refractivity contribution in [2.45, 2.75) is 11.8 Å². The Morgan fingerprint density at radius 2 is 1.82 bits per heavy atom. The van der Waals surface area contributed by atoms with Crippen molar-refractivity contribution in [1.82, 2.24) is 19.0 Å². The van der Waals surface area contributed by atoms with Crippen LogP contribution in [-0.2, 0) is 17.1 Å². The lowest BCUT2D eigenvalue weighted by atomic mass is 10.2. The van der Waals surface area contributed by atoms with Gasteiger partial charge in [-0.3, -0.25) is 19.6 Å². The van der Waals surface area contributed by atoms with Gasteiger partial charge < -0.3 is 4.90 Å². The van der Waals surface area contributed by atoms with Crippen LogP contribution < -0.4 is 0 Å². The normalized spacial score (nSPS) is 15.6. The van der Waals surface area contributed by atoms with E-state index in [-0.39, 0.29) is 42.1 Å². The van der Waals surface area contributed by atoms with E-state index in [1.54, 1.807) is 14.0 Å². The number of nitro groups is 1. The summed E-state index contributed by atoms with van der Waals surface area (Å²) in [6, 6.07) is 5.21. The molecular weight excluding hydrogens is 410 g/mol. The summed E-state index contributed by atoms with van der Waals surface area (Å²) in [6.45, 7) is 2.01. The van der Waals surface area contributed by atoms with E-state index < -0.39 is 20.6 Å². The molecule has 1 aromatic heterocycles. The van der Waals surface area contributed by atoms with E-state index in [2.05, 4.69) is 5.10 Å². The first-order valence-electron chi connectivity index (χ1n) is 8.36. The van der Waals surface area contributed by atoms with Crippen molar-refractivity contribution in [3.05, 3.63) is 50.8 Å². The minimum absolute atomic E-state index is 0.0249. The van der Waals surface area contributed by atoms with E-state index in [1.165, 1.54) is 27.8 Å². The number of aryl methyl sites for hydroxylation is 2. The van der Waals surface area contributed by atoms with Crippen molar-refractivity contribution in [2.75, 3.05) is 26.2 Å². The van der Waals surface area contributed by atoms with Crippen LogP contribution in [-0.4, -0.2) is 64.4 Å². The number of carbonyl (C=O) groups excluding carboxylic acids is 1. The van der Waals surface area contributed by atoms with Crippen LogP contribution in [0.5, 0.6) is 0 Å². The average Bonchev–Trinajstić information content (AvgIpc) is 2.93. The second kappa shape index (κ2) is 7.49. The summed E-state index contributed by atoms with van der Waals surface area (Å²) in [5.41, 5.74) is 0.311. The first kappa shape index (κ1) is 20.2. The lowest BCUT2D eigenvalue weighted by Crippen LogP contribution is -2.50. The first-order valence-corrected chi connectivity index (χ1v) is 10.2. The Bertz CT molecular complexity index is 1040. The zero-order valence-corrected chi connectivity index (χ0v) is 16.8. The summed E-state index contributed by atoms with van der Waals surface area (Å²) in [5, 5.41) is 15.5. The van der Waals surface area contributed by atoms with Crippen molar-refractivity contribution in [3.63, 3.8) is 0 Å². The molecule has 0 spiro atoms. The lowest BCUT2D eigenvalue weighted by Gasteiger charge is -2.33. The number of sulfonamides is 1. The van der Waals surface area contributed by atoms with Gasteiger partial charge in [0.05, 0.1) is 16.2 Å². The molecule has 0 aliphatic carbocycles. The van der Waals surface area contributed by atoms with Crippen molar-refractivity contribution in [2.24, 2.45) is 7.05 Å². The zero-order chi connectivity index (χ0) is 20.6. The molecule has 1 aliphatic rings. The van der Waals surface area contributed by atoms with Gasteiger partial charge >= 0.3 is 0 Å². The maximum absolute atomic E-state index is 12.9. The third-order valence-electron chi connectivity index (χ3n) is 4.57. The molecule has 150 valence electrons. The van der Waals surface area contributed by atoms with Gasteiger partial charge in [-0.05, 0) is 13.0 Å². The summed E-state index contributed by atoms with van der Waals surface area (Å²) in [5.74, 6) is -0.321. The highest BCUT2D eigenvalue weighted by Gasteiger charge is 2.35. The molecule has 2 heterocycles. The number of carbonyl (C=O) groups is 1. The molecule has 0 atom stereocenters. The van der Waals surface area contributed by atoms with Crippen LogP contribution in [0, 0.1) is 17.0 Å². The smallest absolute Gasteiger partial charge is 0.289 e. The molecule has 12 heteroatoms. The highest BCUT2D eigenvalue weighted by Crippen LogP contribution is 2.27. The molecule has 2 aromatic rings. The molecule has 3 rings (SSSR count). The number of halogens is 1. The Balaban J connectivity index is 1.78. The second-order valence-corrected chi connectivity index (χ2v) is 8.56. The minimum Gasteiger partial charge on any atom is -0.336 e. The van der Waals surface area contributed by atoms with Gasteiger partial charge in [-0.25, -0.2) is 8.42 Å². The molecule has 0 saturated carbocycles. The van der Waals surface area contributed by atoms with Crippen molar-refractivity contribution in [3.8, 4) is 0 Å². The van der Waals surface area contributed by atoms with Crippen molar-refractivity contribution < 1.29 is 18.1 Å². The fourth-order valence-electron chi connectivity index (χ4n) is 3.13. The highest BCUT2D eigenvalue weighted by molar-refractivity contribution is 7.89. The van der Waals surface area contributed by atoms with Gasteiger partial charge in [0, 0.05) is 39.3 Å². The van der Waals surface area contributed by atoms with Crippen LogP contribution in [0.15, 0.2) is 29.2 Å². The Morgan fingerprint density at radius 3 is 2.36 bits per heavy atom. The number of rotatable bonds is 4. The molecule has 1 aliphatic heterocycles. The molecule has 0 unspecified atom stereocenters. The Labute approximate surface area is 166 Å². The van der Waals surface area contributed by atoms with Crippen LogP contribution >= 0.6 is 11.6 Å². The molecule has 0 radical (unpaired) electrons. The first-order chi connectivity index (χ1) is 13.1. The summed E-state index contributed by atoms with van der Waals surface area (Å²) in [6.07, 6.45) is 0. The van der Waals surface area contributed by atoms with E-state index in [0.717, 1.165) is 10.4 Å². The van der Waals surface area contributed by atoms with Crippen LogP contribution in [0.4, 0.5) is 5.69 Å². The molecule has 1 fully saturated rings. The number of piperazine rings is 1. The number of para-hydroxylation sites is 1. The maximum atomic E-state index is 12.9. The Morgan fingerprint density at radius 1 is 1.21 bits per heavy atom. The molecule has 0 N–H and O–H groups in total. The summed E-state index contributed by atoms with van der Waals surface area (Å²) in [4.78, 5) is 24.3. The van der Waals surface area contributed by atoms with Crippen LogP contribution in [0.3, 0.4) is 0 Å². The number of hydrogen-bond acceptors (Lipinski definition) is 6. The standard InChI is InChI=1S/C16H18ClN5O5S/c1-11-14(15(17)19(2)18-11)16(23)20-7-9-21(10-8-20)28(26,27)13-6-4-3-5-12(13)22(24)25/h3-6H,7-10H2,1-2H3. The summed E-state index contributed by atoms with van der Waals surface area (Å²) >= 11 is 6.14.